The first kappa shape index (κ1) is 28.0. The SMILES string of the molecule is C=C(/C=C\C=C(/N)CC1C(NSCC)C(F)(F)CN1C=O)c1cc(F)cc(F)c1.CC1CCC1. The molecule has 0 radical (unpaired) electrons. The Morgan fingerprint density at radius 1 is 1.29 bits per heavy atom. The Hall–Kier alpha value is -2.26. The van der Waals surface area contributed by atoms with E-state index in [2.05, 4.69) is 18.2 Å². The number of allylic oxidation sites excluding steroid dienone is 4. The lowest BCUT2D eigenvalue weighted by molar-refractivity contribution is -0.120. The van der Waals surface area contributed by atoms with Gasteiger partial charge in [-0.15, -0.1) is 0 Å². The van der Waals surface area contributed by atoms with Crippen molar-refractivity contribution < 1.29 is 22.4 Å². The van der Waals surface area contributed by atoms with Gasteiger partial charge < -0.3 is 10.6 Å². The number of nitrogens with one attached hydrogen (secondary N) is 1. The van der Waals surface area contributed by atoms with E-state index in [0.29, 0.717) is 17.7 Å². The van der Waals surface area contributed by atoms with E-state index in [-0.39, 0.29) is 17.7 Å². The van der Waals surface area contributed by atoms with Crippen LogP contribution in [0.15, 0.2) is 48.7 Å². The van der Waals surface area contributed by atoms with Gasteiger partial charge in [-0.1, -0.05) is 63.8 Å². The lowest BCUT2D eigenvalue weighted by atomic mass is 9.88. The number of carbonyl (C=O) groups is 1. The predicted molar refractivity (Wildman–Crippen MR) is 131 cm³/mol. The van der Waals surface area contributed by atoms with E-state index >= 15 is 0 Å². The van der Waals surface area contributed by atoms with Crippen LogP contribution in [0, 0.1) is 17.6 Å². The largest absolute Gasteiger partial charge is 0.402 e. The van der Waals surface area contributed by atoms with E-state index in [1.165, 1.54) is 37.5 Å². The molecule has 2 fully saturated rings. The topological polar surface area (TPSA) is 58.4 Å². The molecular formula is C25H33F4N3OS. The van der Waals surface area contributed by atoms with E-state index in [4.69, 9.17) is 5.73 Å². The molecule has 3 N–H and O–H groups in total. The molecule has 1 aliphatic carbocycles. The summed E-state index contributed by atoms with van der Waals surface area (Å²) in [7, 11) is 0. The van der Waals surface area contributed by atoms with Crippen LogP contribution in [-0.4, -0.2) is 41.6 Å². The number of amides is 1. The maximum atomic E-state index is 14.3. The van der Waals surface area contributed by atoms with Gasteiger partial charge in [0, 0.05) is 23.9 Å². The average Bonchev–Trinajstić information content (AvgIpc) is 2.99. The molecule has 2 aliphatic rings. The smallest absolute Gasteiger partial charge is 0.283 e. The Morgan fingerprint density at radius 3 is 2.41 bits per heavy atom. The van der Waals surface area contributed by atoms with Crippen molar-refractivity contribution in [2.75, 3.05) is 12.3 Å². The van der Waals surface area contributed by atoms with Gasteiger partial charge in [0.05, 0.1) is 12.6 Å². The quantitative estimate of drug-likeness (QED) is 0.199. The maximum absolute atomic E-state index is 14.3. The fraction of sp³-hybridized carbons (Fsp3) is 0.480. The maximum Gasteiger partial charge on any atom is 0.283 e. The molecule has 3 rings (SSSR count). The van der Waals surface area contributed by atoms with Crippen LogP contribution in [0.4, 0.5) is 17.6 Å². The molecule has 1 saturated heterocycles. The molecule has 1 aromatic carbocycles. The molecule has 1 aromatic rings. The summed E-state index contributed by atoms with van der Waals surface area (Å²) < 4.78 is 57.8. The number of hydrogen-bond donors (Lipinski definition) is 2. The van der Waals surface area contributed by atoms with Crippen LogP contribution < -0.4 is 10.5 Å². The number of benzene rings is 1. The van der Waals surface area contributed by atoms with Gasteiger partial charge in [0.1, 0.15) is 17.7 Å². The number of hydrogen-bond acceptors (Lipinski definition) is 4. The number of nitrogens with two attached hydrogens (primary N) is 1. The van der Waals surface area contributed by atoms with Crippen LogP contribution in [0.3, 0.4) is 0 Å². The van der Waals surface area contributed by atoms with Gasteiger partial charge >= 0.3 is 0 Å². The number of likely N-dealkylation sites (tertiary alicyclic amines) is 1. The Labute approximate surface area is 203 Å². The average molecular weight is 500 g/mol. The number of nitrogens with zero attached hydrogens (tertiary/aromatic N) is 1. The first-order valence-electron chi connectivity index (χ1n) is 11.3. The van der Waals surface area contributed by atoms with Crippen LogP contribution in [0.2, 0.25) is 0 Å². The normalized spacial score (nSPS) is 22.3. The third kappa shape index (κ3) is 8.20. The van der Waals surface area contributed by atoms with E-state index in [9.17, 15) is 22.4 Å². The molecule has 1 amide bonds. The summed E-state index contributed by atoms with van der Waals surface area (Å²) >= 11 is 1.15. The van der Waals surface area contributed by atoms with Crippen LogP contribution in [0.25, 0.3) is 5.57 Å². The van der Waals surface area contributed by atoms with Gasteiger partial charge in [0.25, 0.3) is 5.92 Å². The lowest BCUT2D eigenvalue weighted by Crippen LogP contribution is -2.46. The Kier molecular flexibility index (Phi) is 10.7. The van der Waals surface area contributed by atoms with Crippen molar-refractivity contribution >= 4 is 23.9 Å². The number of alkyl halides is 2. The molecule has 1 saturated carbocycles. The Morgan fingerprint density at radius 2 is 1.91 bits per heavy atom. The summed E-state index contributed by atoms with van der Waals surface area (Å²) in [4.78, 5) is 12.3. The second kappa shape index (κ2) is 13.0. The Balaban J connectivity index is 0.000000720. The summed E-state index contributed by atoms with van der Waals surface area (Å²) in [6.45, 7) is 7.20. The predicted octanol–water partition coefficient (Wildman–Crippen LogP) is 5.68. The summed E-state index contributed by atoms with van der Waals surface area (Å²) in [5.74, 6) is -2.85. The lowest BCUT2D eigenvalue weighted by Gasteiger charge is -2.26. The number of halogens is 4. The van der Waals surface area contributed by atoms with Gasteiger partial charge in [-0.2, -0.15) is 0 Å². The highest BCUT2D eigenvalue weighted by Gasteiger charge is 2.54. The minimum atomic E-state index is -3.07. The van der Waals surface area contributed by atoms with Crippen LogP contribution in [-0.2, 0) is 4.79 Å². The first-order valence-corrected chi connectivity index (χ1v) is 12.3. The summed E-state index contributed by atoms with van der Waals surface area (Å²) in [5, 5.41) is 0. The number of rotatable bonds is 9. The fourth-order valence-corrected chi connectivity index (χ4v) is 4.34. The molecule has 4 nitrogen and oxygen atoms in total. The van der Waals surface area contributed by atoms with Gasteiger partial charge in [-0.25, -0.2) is 17.6 Å². The van der Waals surface area contributed by atoms with Crippen molar-refractivity contribution in [3.8, 4) is 0 Å². The molecule has 188 valence electrons. The molecule has 1 aliphatic heterocycles. The monoisotopic (exact) mass is 499 g/mol. The molecule has 1 heterocycles. The van der Waals surface area contributed by atoms with Crippen molar-refractivity contribution in [1.82, 2.24) is 9.62 Å². The molecule has 0 bridgehead atoms. The van der Waals surface area contributed by atoms with E-state index in [1.807, 2.05) is 6.92 Å². The summed E-state index contributed by atoms with van der Waals surface area (Å²) in [5.41, 5.74) is 6.87. The van der Waals surface area contributed by atoms with Crippen LogP contribution in [0.1, 0.15) is 45.1 Å². The molecule has 2 atom stereocenters. The second-order valence-electron chi connectivity index (χ2n) is 8.66. The highest BCUT2D eigenvalue weighted by atomic mass is 32.2. The zero-order chi connectivity index (χ0) is 25.3. The van der Waals surface area contributed by atoms with Crippen molar-refractivity contribution in [3.05, 3.63) is 65.9 Å². The van der Waals surface area contributed by atoms with Crippen molar-refractivity contribution in [2.45, 2.75) is 57.5 Å². The zero-order valence-electron chi connectivity index (χ0n) is 19.6. The standard InChI is InChI=1S/C20H23F4N3OS.C5H10/c1-3-29-26-19-18(27(12-28)11-20(19,23)24)10-17(25)6-4-5-13(2)14-7-15(21)9-16(22)8-14;1-5-3-2-4-5/h4-9,12,18-19,26H,2-3,10-11,25H2,1H3;5H,2-4H2,1H3/b5-4-,17-6-;. The van der Waals surface area contributed by atoms with Gasteiger partial charge in [0.15, 0.2) is 0 Å². The molecule has 2 unspecified atom stereocenters. The van der Waals surface area contributed by atoms with Crippen molar-refractivity contribution in [1.29, 1.82) is 0 Å². The third-order valence-corrected chi connectivity index (χ3v) is 6.54. The minimum Gasteiger partial charge on any atom is -0.402 e. The van der Waals surface area contributed by atoms with Crippen LogP contribution in [0.5, 0.6) is 0 Å². The molecular weight excluding hydrogens is 466 g/mol. The van der Waals surface area contributed by atoms with E-state index < -0.39 is 36.2 Å². The van der Waals surface area contributed by atoms with Crippen molar-refractivity contribution in [3.63, 3.8) is 0 Å². The summed E-state index contributed by atoms with van der Waals surface area (Å²) in [6, 6.07) is 1.03. The highest BCUT2D eigenvalue weighted by molar-refractivity contribution is 7.97. The molecule has 9 heteroatoms. The Bertz CT molecular complexity index is 882. The van der Waals surface area contributed by atoms with Crippen LogP contribution >= 0.6 is 11.9 Å². The molecule has 34 heavy (non-hydrogen) atoms. The summed E-state index contributed by atoms with van der Waals surface area (Å²) in [6.07, 6.45) is 9.42. The van der Waals surface area contributed by atoms with E-state index in [0.717, 1.165) is 41.0 Å². The zero-order valence-corrected chi connectivity index (χ0v) is 20.4. The highest BCUT2D eigenvalue weighted by Crippen LogP contribution is 2.35. The third-order valence-electron chi connectivity index (χ3n) is 5.83. The first-order chi connectivity index (χ1) is 16.1. The minimum absolute atomic E-state index is 0.0433. The van der Waals surface area contributed by atoms with Gasteiger partial charge in [0.2, 0.25) is 6.41 Å². The van der Waals surface area contributed by atoms with Crippen molar-refractivity contribution in [2.24, 2.45) is 11.7 Å². The second-order valence-corrected chi connectivity index (χ2v) is 9.76. The molecule has 0 spiro atoms. The number of carbonyl (C=O) groups excluding carboxylic acids is 1. The van der Waals surface area contributed by atoms with Gasteiger partial charge in [-0.3, -0.25) is 9.52 Å². The van der Waals surface area contributed by atoms with Gasteiger partial charge in [-0.05, 0) is 35.3 Å². The molecule has 0 aromatic heterocycles. The fourth-order valence-electron chi connectivity index (χ4n) is 3.67. The van der Waals surface area contributed by atoms with E-state index in [1.54, 1.807) is 0 Å².